The van der Waals surface area contributed by atoms with Crippen molar-refractivity contribution in [1.82, 2.24) is 10.2 Å². The Morgan fingerprint density at radius 1 is 1.52 bits per heavy atom. The molecule has 0 aromatic heterocycles. The number of amides is 2. The number of hydrogen-bond acceptors (Lipinski definition) is 2. The topological polar surface area (TPSA) is 44.4 Å². The monoisotopic (exact) mass is 313 g/mol. The Labute approximate surface area is 129 Å². The van der Waals surface area contributed by atoms with Gasteiger partial charge in [-0.2, -0.15) is 0 Å². The fraction of sp³-hybridized carbons (Fsp3) is 0.533. The molecule has 1 aliphatic heterocycles. The number of likely N-dealkylation sites (N-methyl/N-ethyl adjacent to an activating group) is 1. The maximum atomic E-state index is 13.3. The molecule has 0 aliphatic carbocycles. The first-order valence-electron chi connectivity index (χ1n) is 7.25. The van der Waals surface area contributed by atoms with Gasteiger partial charge in [0, 0.05) is 12.6 Å². The number of benzene rings is 1. The zero-order valence-electron chi connectivity index (χ0n) is 12.4. The van der Waals surface area contributed by atoms with Crippen LogP contribution in [0.1, 0.15) is 25.3 Å². The first kappa shape index (κ1) is 16.0. The van der Waals surface area contributed by atoms with E-state index in [9.17, 15) is 9.18 Å². The summed E-state index contributed by atoms with van der Waals surface area (Å²) in [6.07, 6.45) is 2.27. The van der Waals surface area contributed by atoms with Crippen LogP contribution >= 0.6 is 11.6 Å². The predicted molar refractivity (Wildman–Crippen MR) is 83.4 cm³/mol. The summed E-state index contributed by atoms with van der Waals surface area (Å²) in [7, 11) is 0. The summed E-state index contributed by atoms with van der Waals surface area (Å²) in [5.74, 6) is -0.379. The molecule has 21 heavy (non-hydrogen) atoms. The summed E-state index contributed by atoms with van der Waals surface area (Å²) in [6.45, 7) is 6.45. The highest BCUT2D eigenvalue weighted by Crippen LogP contribution is 2.25. The number of carbonyl (C=O) groups is 1. The molecule has 1 fully saturated rings. The van der Waals surface area contributed by atoms with Gasteiger partial charge in [-0.05, 0) is 50.6 Å². The number of hydrogen-bond donors (Lipinski definition) is 2. The van der Waals surface area contributed by atoms with Gasteiger partial charge in [-0.3, -0.25) is 4.90 Å². The predicted octanol–water partition coefficient (Wildman–Crippen LogP) is 3.39. The quantitative estimate of drug-likeness (QED) is 0.895. The van der Waals surface area contributed by atoms with Crippen molar-refractivity contribution in [3.05, 3.63) is 28.5 Å². The third kappa shape index (κ3) is 4.08. The molecule has 1 atom stereocenters. The van der Waals surface area contributed by atoms with Gasteiger partial charge in [0.1, 0.15) is 5.82 Å². The third-order valence-electron chi connectivity index (χ3n) is 3.90. The van der Waals surface area contributed by atoms with E-state index < -0.39 is 0 Å². The molecule has 1 saturated heterocycles. The van der Waals surface area contributed by atoms with Crippen molar-refractivity contribution in [2.45, 2.75) is 32.7 Å². The number of rotatable bonds is 4. The number of anilines is 1. The van der Waals surface area contributed by atoms with E-state index in [1.54, 1.807) is 6.92 Å². The van der Waals surface area contributed by atoms with Crippen molar-refractivity contribution in [3.63, 3.8) is 0 Å². The van der Waals surface area contributed by atoms with Crippen LogP contribution in [-0.2, 0) is 0 Å². The molecule has 0 bridgehead atoms. The summed E-state index contributed by atoms with van der Waals surface area (Å²) >= 11 is 5.93. The van der Waals surface area contributed by atoms with Gasteiger partial charge in [0.25, 0.3) is 0 Å². The van der Waals surface area contributed by atoms with E-state index in [0.717, 1.165) is 19.5 Å². The number of aryl methyl sites for hydroxylation is 1. The molecule has 0 radical (unpaired) electrons. The highest BCUT2D eigenvalue weighted by molar-refractivity contribution is 6.33. The summed E-state index contributed by atoms with van der Waals surface area (Å²) in [5, 5.41) is 5.72. The minimum Gasteiger partial charge on any atom is -0.336 e. The van der Waals surface area contributed by atoms with Crippen molar-refractivity contribution in [1.29, 1.82) is 0 Å². The smallest absolute Gasteiger partial charge is 0.319 e. The van der Waals surface area contributed by atoms with E-state index in [1.165, 1.54) is 18.6 Å². The highest BCUT2D eigenvalue weighted by Gasteiger charge is 2.23. The summed E-state index contributed by atoms with van der Waals surface area (Å²) < 4.78 is 13.3. The van der Waals surface area contributed by atoms with Gasteiger partial charge in [0.15, 0.2) is 0 Å². The molecule has 2 N–H and O–H groups in total. The summed E-state index contributed by atoms with van der Waals surface area (Å²) in [4.78, 5) is 14.3. The number of likely N-dealkylation sites (tertiary alicyclic amines) is 1. The second kappa shape index (κ2) is 7.09. The Morgan fingerprint density at radius 3 is 3.00 bits per heavy atom. The molecule has 1 aromatic rings. The summed E-state index contributed by atoms with van der Waals surface area (Å²) in [5.41, 5.74) is 0.870. The molecular weight excluding hydrogens is 293 g/mol. The van der Waals surface area contributed by atoms with E-state index in [1.807, 2.05) is 0 Å². The van der Waals surface area contributed by atoms with Crippen LogP contribution in [0.5, 0.6) is 0 Å². The van der Waals surface area contributed by atoms with Gasteiger partial charge >= 0.3 is 6.03 Å². The Hall–Kier alpha value is -1.33. The average Bonchev–Trinajstić information content (AvgIpc) is 2.90. The van der Waals surface area contributed by atoms with E-state index in [2.05, 4.69) is 22.5 Å². The summed E-state index contributed by atoms with van der Waals surface area (Å²) in [6, 6.07) is 2.82. The zero-order chi connectivity index (χ0) is 15.4. The van der Waals surface area contributed by atoms with Crippen LogP contribution in [0.25, 0.3) is 0 Å². The fourth-order valence-corrected chi connectivity index (χ4v) is 2.87. The molecule has 116 valence electrons. The molecule has 4 nitrogen and oxygen atoms in total. The molecule has 0 saturated carbocycles. The zero-order valence-corrected chi connectivity index (χ0v) is 13.1. The number of nitrogens with one attached hydrogen (secondary N) is 2. The van der Waals surface area contributed by atoms with Crippen molar-refractivity contribution in [2.75, 3.05) is 25.0 Å². The molecule has 1 heterocycles. The minimum atomic E-state index is -0.379. The van der Waals surface area contributed by atoms with Crippen LogP contribution in [0.3, 0.4) is 0 Å². The molecule has 6 heteroatoms. The number of halogens is 2. The number of nitrogens with zero attached hydrogens (tertiary/aromatic N) is 1. The van der Waals surface area contributed by atoms with Gasteiger partial charge in [-0.1, -0.05) is 18.5 Å². The fourth-order valence-electron chi connectivity index (χ4n) is 2.67. The minimum absolute atomic E-state index is 0.198. The first-order chi connectivity index (χ1) is 10.0. The van der Waals surface area contributed by atoms with Crippen molar-refractivity contribution >= 4 is 23.3 Å². The van der Waals surface area contributed by atoms with Crippen LogP contribution in [0.4, 0.5) is 14.9 Å². The van der Waals surface area contributed by atoms with Crippen LogP contribution in [0.15, 0.2) is 12.1 Å². The van der Waals surface area contributed by atoms with E-state index in [4.69, 9.17) is 11.6 Å². The third-order valence-corrected chi connectivity index (χ3v) is 4.21. The lowest BCUT2D eigenvalue weighted by Gasteiger charge is -2.23. The lowest BCUT2D eigenvalue weighted by atomic mass is 10.2. The van der Waals surface area contributed by atoms with Crippen molar-refractivity contribution in [2.24, 2.45) is 0 Å². The highest BCUT2D eigenvalue weighted by atomic mass is 35.5. The average molecular weight is 314 g/mol. The molecule has 1 aliphatic rings. The number of urea groups is 1. The second-order valence-corrected chi connectivity index (χ2v) is 5.75. The largest absolute Gasteiger partial charge is 0.336 e. The van der Waals surface area contributed by atoms with Crippen LogP contribution in [0, 0.1) is 12.7 Å². The van der Waals surface area contributed by atoms with E-state index in [-0.39, 0.29) is 16.9 Å². The van der Waals surface area contributed by atoms with Gasteiger partial charge in [0.05, 0.1) is 10.7 Å². The maximum Gasteiger partial charge on any atom is 0.319 e. The second-order valence-electron chi connectivity index (χ2n) is 5.34. The Bertz CT molecular complexity index is 524. The molecule has 2 amide bonds. The van der Waals surface area contributed by atoms with Gasteiger partial charge in [-0.15, -0.1) is 0 Å². The van der Waals surface area contributed by atoms with Crippen molar-refractivity contribution < 1.29 is 9.18 Å². The number of carbonyl (C=O) groups excluding carboxylic acids is 1. The van der Waals surface area contributed by atoms with Gasteiger partial charge < -0.3 is 10.6 Å². The lowest BCUT2D eigenvalue weighted by molar-refractivity contribution is 0.238. The molecule has 2 rings (SSSR count). The van der Waals surface area contributed by atoms with Crippen molar-refractivity contribution in [3.8, 4) is 0 Å². The van der Waals surface area contributed by atoms with Crippen LogP contribution in [-0.4, -0.2) is 36.6 Å². The van der Waals surface area contributed by atoms with Crippen LogP contribution < -0.4 is 10.6 Å². The molecule has 1 aromatic carbocycles. The first-order valence-corrected chi connectivity index (χ1v) is 7.63. The van der Waals surface area contributed by atoms with E-state index >= 15 is 0 Å². The normalized spacial score (nSPS) is 18.8. The standard InChI is InChI=1S/C15H21ClFN3O/c1-3-20-6-4-5-11(20)9-18-15(21)19-14-7-10(2)13(17)8-12(14)16/h7-8,11H,3-6,9H2,1-2H3,(H2,18,19,21)/t11-/m0/s1. The maximum absolute atomic E-state index is 13.3. The Balaban J connectivity index is 1.89. The molecular formula is C15H21ClFN3O. The Morgan fingerprint density at radius 2 is 2.29 bits per heavy atom. The van der Waals surface area contributed by atoms with Crippen LogP contribution in [0.2, 0.25) is 5.02 Å². The lowest BCUT2D eigenvalue weighted by Crippen LogP contribution is -2.41. The molecule has 0 unspecified atom stereocenters. The Kier molecular flexibility index (Phi) is 5.42. The van der Waals surface area contributed by atoms with Gasteiger partial charge in [0.2, 0.25) is 0 Å². The van der Waals surface area contributed by atoms with Gasteiger partial charge in [-0.25, -0.2) is 9.18 Å². The molecule has 0 spiro atoms. The van der Waals surface area contributed by atoms with E-state index in [0.29, 0.717) is 23.8 Å². The SMILES string of the molecule is CCN1CCC[C@H]1CNC(=O)Nc1cc(C)c(F)cc1Cl.